The van der Waals surface area contributed by atoms with E-state index in [1.165, 1.54) is 12.8 Å². The minimum Gasteiger partial charge on any atom is -0.357 e. The van der Waals surface area contributed by atoms with Crippen LogP contribution < -0.4 is 10.2 Å². The van der Waals surface area contributed by atoms with E-state index in [1.54, 1.807) is 42.8 Å². The molecule has 1 saturated heterocycles. The van der Waals surface area contributed by atoms with Gasteiger partial charge in [0, 0.05) is 46.9 Å². The first-order valence-corrected chi connectivity index (χ1v) is 9.15. The summed E-state index contributed by atoms with van der Waals surface area (Å²) in [5.74, 6) is 0.727. The van der Waals surface area contributed by atoms with Crippen molar-refractivity contribution in [2.45, 2.75) is 17.7 Å². The molecule has 1 aromatic carbocycles. The van der Waals surface area contributed by atoms with Crippen molar-refractivity contribution in [1.29, 1.82) is 0 Å². The normalized spacial score (nSPS) is 15.4. The fraction of sp³-hybridized carbons (Fsp3) is 0.294. The molecule has 2 heterocycles. The lowest BCUT2D eigenvalue weighted by Crippen LogP contribution is -2.19. The van der Waals surface area contributed by atoms with E-state index in [-0.39, 0.29) is 5.91 Å². The molecule has 1 fully saturated rings. The molecule has 0 unspecified atom stereocenters. The number of anilines is 2. The first-order chi connectivity index (χ1) is 11.1. The molecule has 0 saturated carbocycles. The van der Waals surface area contributed by atoms with Crippen molar-refractivity contribution < 1.29 is 9.00 Å². The third kappa shape index (κ3) is 3.76. The molecule has 0 bridgehead atoms. The quantitative estimate of drug-likeness (QED) is 0.937. The van der Waals surface area contributed by atoms with Crippen molar-refractivity contribution in [2.75, 3.05) is 29.6 Å². The van der Waals surface area contributed by atoms with Gasteiger partial charge in [0.05, 0.1) is 5.56 Å². The average molecular weight is 329 g/mol. The van der Waals surface area contributed by atoms with Gasteiger partial charge in [0.2, 0.25) is 0 Å². The SMILES string of the molecule is C[S@@](=O)c1ccc(NC(=O)c2ccc(N3CCCC3)nc2)cc1. The van der Waals surface area contributed by atoms with Crippen molar-refractivity contribution >= 4 is 28.2 Å². The number of aromatic nitrogens is 1. The Balaban J connectivity index is 1.66. The van der Waals surface area contributed by atoms with E-state index < -0.39 is 10.8 Å². The molecular formula is C17H19N3O2S. The minimum absolute atomic E-state index is 0.198. The Morgan fingerprint density at radius 3 is 2.39 bits per heavy atom. The van der Waals surface area contributed by atoms with Crippen LogP contribution in [0.2, 0.25) is 0 Å². The molecule has 0 radical (unpaired) electrons. The van der Waals surface area contributed by atoms with Gasteiger partial charge < -0.3 is 10.2 Å². The van der Waals surface area contributed by atoms with Gasteiger partial charge >= 0.3 is 0 Å². The van der Waals surface area contributed by atoms with Crippen LogP contribution in [0.3, 0.4) is 0 Å². The predicted octanol–water partition coefficient (Wildman–Crippen LogP) is 2.67. The lowest BCUT2D eigenvalue weighted by Gasteiger charge is -2.16. The molecule has 1 N–H and O–H groups in total. The van der Waals surface area contributed by atoms with Gasteiger partial charge in [0.15, 0.2) is 0 Å². The van der Waals surface area contributed by atoms with Crippen molar-refractivity contribution in [3.63, 3.8) is 0 Å². The van der Waals surface area contributed by atoms with E-state index in [9.17, 15) is 9.00 Å². The molecule has 1 amide bonds. The van der Waals surface area contributed by atoms with Gasteiger partial charge in [-0.05, 0) is 49.2 Å². The Kier molecular flexibility index (Phi) is 4.71. The van der Waals surface area contributed by atoms with Gasteiger partial charge in [0.25, 0.3) is 5.91 Å². The zero-order chi connectivity index (χ0) is 16.2. The largest absolute Gasteiger partial charge is 0.357 e. The third-order valence-corrected chi connectivity index (χ3v) is 4.82. The first-order valence-electron chi connectivity index (χ1n) is 7.59. The zero-order valence-electron chi connectivity index (χ0n) is 13.0. The van der Waals surface area contributed by atoms with Gasteiger partial charge in [-0.25, -0.2) is 4.98 Å². The van der Waals surface area contributed by atoms with Crippen molar-refractivity contribution in [3.8, 4) is 0 Å². The van der Waals surface area contributed by atoms with E-state index in [4.69, 9.17) is 0 Å². The van der Waals surface area contributed by atoms with Crippen molar-refractivity contribution in [1.82, 2.24) is 4.98 Å². The number of amides is 1. The van der Waals surface area contributed by atoms with E-state index >= 15 is 0 Å². The number of hydrogen-bond acceptors (Lipinski definition) is 4. The molecule has 6 heteroatoms. The monoisotopic (exact) mass is 329 g/mol. The third-order valence-electron chi connectivity index (χ3n) is 3.88. The molecular weight excluding hydrogens is 310 g/mol. The molecule has 2 aromatic rings. The number of nitrogens with one attached hydrogen (secondary N) is 1. The number of rotatable bonds is 4. The van der Waals surface area contributed by atoms with E-state index in [0.29, 0.717) is 11.3 Å². The van der Waals surface area contributed by atoms with Crippen LogP contribution in [0.25, 0.3) is 0 Å². The van der Waals surface area contributed by atoms with Gasteiger partial charge in [-0.3, -0.25) is 9.00 Å². The van der Waals surface area contributed by atoms with Crippen LogP contribution in [0.4, 0.5) is 11.5 Å². The summed E-state index contributed by atoms with van der Waals surface area (Å²) in [5.41, 5.74) is 1.20. The van der Waals surface area contributed by atoms with Crippen LogP contribution in [0.15, 0.2) is 47.5 Å². The van der Waals surface area contributed by atoms with Gasteiger partial charge in [-0.1, -0.05) is 0 Å². The molecule has 0 aliphatic carbocycles. The summed E-state index contributed by atoms with van der Waals surface area (Å²) < 4.78 is 11.4. The van der Waals surface area contributed by atoms with Crippen LogP contribution in [-0.4, -0.2) is 34.4 Å². The summed E-state index contributed by atoms with van der Waals surface area (Å²) in [6.45, 7) is 2.06. The van der Waals surface area contributed by atoms with E-state index in [2.05, 4.69) is 15.2 Å². The fourth-order valence-electron chi connectivity index (χ4n) is 2.59. The number of nitrogens with zero attached hydrogens (tertiary/aromatic N) is 2. The predicted molar refractivity (Wildman–Crippen MR) is 92.4 cm³/mol. The molecule has 3 rings (SSSR count). The number of carbonyl (C=O) groups is 1. The molecule has 23 heavy (non-hydrogen) atoms. The smallest absolute Gasteiger partial charge is 0.257 e. The molecule has 120 valence electrons. The first kappa shape index (κ1) is 15.7. The Morgan fingerprint density at radius 1 is 1.13 bits per heavy atom. The Labute approximate surface area is 138 Å². The van der Waals surface area contributed by atoms with Gasteiger partial charge in [-0.2, -0.15) is 0 Å². The summed E-state index contributed by atoms with van der Waals surface area (Å²) in [5, 5.41) is 2.82. The maximum absolute atomic E-state index is 12.2. The van der Waals surface area contributed by atoms with Crippen LogP contribution in [0.1, 0.15) is 23.2 Å². The second-order valence-electron chi connectivity index (χ2n) is 5.53. The summed E-state index contributed by atoms with van der Waals surface area (Å²) in [4.78, 5) is 19.6. The van der Waals surface area contributed by atoms with E-state index in [1.807, 2.05) is 6.07 Å². The zero-order valence-corrected chi connectivity index (χ0v) is 13.8. The van der Waals surface area contributed by atoms with Crippen LogP contribution in [0.5, 0.6) is 0 Å². The molecule has 1 aliphatic heterocycles. The fourth-order valence-corrected chi connectivity index (χ4v) is 3.11. The molecule has 1 aliphatic rings. The lowest BCUT2D eigenvalue weighted by atomic mass is 10.2. The lowest BCUT2D eigenvalue weighted by molar-refractivity contribution is 0.102. The van der Waals surface area contributed by atoms with E-state index in [0.717, 1.165) is 23.8 Å². The molecule has 0 spiro atoms. The van der Waals surface area contributed by atoms with Crippen LogP contribution in [-0.2, 0) is 10.8 Å². The van der Waals surface area contributed by atoms with Crippen LogP contribution in [0, 0.1) is 0 Å². The van der Waals surface area contributed by atoms with Gasteiger partial charge in [0.1, 0.15) is 5.82 Å². The number of carbonyl (C=O) groups excluding carboxylic acids is 1. The molecule has 1 atom stereocenters. The summed E-state index contributed by atoms with van der Waals surface area (Å²) >= 11 is 0. The molecule has 5 nitrogen and oxygen atoms in total. The average Bonchev–Trinajstić information content (AvgIpc) is 3.10. The highest BCUT2D eigenvalue weighted by molar-refractivity contribution is 7.84. The van der Waals surface area contributed by atoms with Crippen molar-refractivity contribution in [3.05, 3.63) is 48.2 Å². The highest BCUT2D eigenvalue weighted by atomic mass is 32.2. The Morgan fingerprint density at radius 2 is 1.83 bits per heavy atom. The van der Waals surface area contributed by atoms with Crippen LogP contribution >= 0.6 is 0 Å². The van der Waals surface area contributed by atoms with Gasteiger partial charge in [-0.15, -0.1) is 0 Å². The summed E-state index contributed by atoms with van der Waals surface area (Å²) in [7, 11) is -1.02. The maximum atomic E-state index is 12.2. The summed E-state index contributed by atoms with van der Waals surface area (Å²) in [6.07, 6.45) is 5.63. The maximum Gasteiger partial charge on any atom is 0.257 e. The number of pyridine rings is 1. The molecule has 1 aromatic heterocycles. The topological polar surface area (TPSA) is 62.3 Å². The highest BCUT2D eigenvalue weighted by Crippen LogP contribution is 2.18. The standard InChI is InChI=1S/C17H19N3O2S/c1-23(22)15-7-5-14(6-8-15)19-17(21)13-4-9-16(18-12-13)20-10-2-3-11-20/h4-9,12H,2-3,10-11H2,1H3,(H,19,21)/t23-/m1/s1. The number of benzene rings is 1. The summed E-state index contributed by atoms with van der Waals surface area (Å²) in [6, 6.07) is 10.7. The second-order valence-corrected chi connectivity index (χ2v) is 6.91. The Bertz CT molecular complexity index is 708. The highest BCUT2D eigenvalue weighted by Gasteiger charge is 2.14. The van der Waals surface area contributed by atoms with Crippen molar-refractivity contribution in [2.24, 2.45) is 0 Å². The second kappa shape index (κ2) is 6.91. The Hall–Kier alpha value is -2.21. The minimum atomic E-state index is -1.02. The number of hydrogen-bond donors (Lipinski definition) is 1.